The van der Waals surface area contributed by atoms with Crippen molar-refractivity contribution in [1.82, 2.24) is 0 Å². The van der Waals surface area contributed by atoms with Gasteiger partial charge in [0, 0.05) is 5.41 Å². The van der Waals surface area contributed by atoms with Crippen LogP contribution in [-0.4, -0.2) is 0 Å². The Labute approximate surface area is 414 Å². The van der Waals surface area contributed by atoms with Crippen molar-refractivity contribution < 1.29 is 0 Å². The zero-order valence-electron chi connectivity index (χ0n) is 39.6. The van der Waals surface area contributed by atoms with Crippen molar-refractivity contribution >= 4 is 21.5 Å². The fraction of sp³-hybridized carbons (Fsp3) is 0.0423. The number of fused-ring (bicyclic) bond motifs is 9. The normalized spacial score (nSPS) is 13.0. The molecule has 0 fully saturated rings. The molecule has 0 saturated heterocycles. The molecular formula is C71H46. The van der Waals surface area contributed by atoms with E-state index >= 15 is 0 Å². The molecule has 0 saturated carbocycles. The van der Waals surface area contributed by atoms with Gasteiger partial charge in [-0.05, 0) is 179 Å². The summed E-state index contributed by atoms with van der Waals surface area (Å²) in [5.74, 6) is 0. The molecule has 0 nitrogen and oxygen atoms in total. The Hall–Kier alpha value is -8.84. The van der Waals surface area contributed by atoms with Crippen molar-refractivity contribution in [2.24, 2.45) is 0 Å². The molecule has 0 heteroatoms. The first-order valence-corrected chi connectivity index (χ1v) is 25.0. The summed E-state index contributed by atoms with van der Waals surface area (Å²) in [7, 11) is 0. The van der Waals surface area contributed by atoms with Gasteiger partial charge in [-0.1, -0.05) is 232 Å². The maximum absolute atomic E-state index is 2.55. The molecule has 0 N–H and O–H groups in total. The van der Waals surface area contributed by atoms with E-state index in [0.717, 1.165) is 0 Å². The van der Waals surface area contributed by atoms with Gasteiger partial charge in [0.15, 0.2) is 0 Å². The number of hydrogen-bond acceptors (Lipinski definition) is 0. The van der Waals surface area contributed by atoms with Crippen molar-refractivity contribution in [1.29, 1.82) is 0 Å². The molecule has 0 aromatic heterocycles. The van der Waals surface area contributed by atoms with Crippen LogP contribution in [0.1, 0.15) is 25.0 Å². The molecule has 3 aliphatic carbocycles. The maximum Gasteiger partial charge on any atom is 0.0159 e. The van der Waals surface area contributed by atoms with Gasteiger partial charge in [-0.15, -0.1) is 0 Å². The highest BCUT2D eigenvalue weighted by Gasteiger charge is 2.40. The van der Waals surface area contributed by atoms with Crippen molar-refractivity contribution in [3.63, 3.8) is 0 Å². The van der Waals surface area contributed by atoms with Crippen LogP contribution < -0.4 is 0 Å². The van der Waals surface area contributed by atoms with Crippen molar-refractivity contribution in [3.8, 4) is 122 Å². The lowest BCUT2D eigenvalue weighted by atomic mass is 9.80. The molecule has 15 rings (SSSR count). The second kappa shape index (κ2) is 15.1. The molecule has 0 bridgehead atoms. The monoisotopic (exact) mass is 898 g/mol. The molecule has 0 atom stereocenters. The predicted molar refractivity (Wildman–Crippen MR) is 300 cm³/mol. The highest BCUT2D eigenvalue weighted by molar-refractivity contribution is 6.23. The van der Waals surface area contributed by atoms with E-state index in [4.69, 9.17) is 0 Å². The standard InChI is InChI=1S/C71H46/c1-71(2)65-41-61-53-33-17-31-51-55(67-47(43-19-7-3-8-20-43)27-15-28-48(67)44-21-9-4-10-22-44)35-37-57(69(51)53)59(61)39-63(65)64-40-60-58-38-36-56(52-32-18-34-54(70(52)58)62(60)42-66(64)71)68-49(45-23-11-5-12-24-45)29-16-30-50(68)46-25-13-6-14-26-46/h3-42H,1-2H3. The third kappa shape index (κ3) is 5.74. The highest BCUT2D eigenvalue weighted by atomic mass is 14.4. The molecule has 3 aliphatic rings. The average Bonchev–Trinajstić information content (AvgIpc) is 4.01. The third-order valence-electron chi connectivity index (χ3n) is 16.2. The zero-order chi connectivity index (χ0) is 47.0. The lowest BCUT2D eigenvalue weighted by molar-refractivity contribution is 0.661. The summed E-state index contributed by atoms with van der Waals surface area (Å²) in [4.78, 5) is 0. The summed E-state index contributed by atoms with van der Waals surface area (Å²) in [6, 6.07) is 90.9. The van der Waals surface area contributed by atoms with Crippen LogP contribution in [0, 0.1) is 0 Å². The minimum absolute atomic E-state index is 0.200. The summed E-state index contributed by atoms with van der Waals surface area (Å²) < 4.78 is 0. The first-order valence-electron chi connectivity index (χ1n) is 25.0. The first kappa shape index (κ1) is 40.1. The number of hydrogen-bond donors (Lipinski definition) is 0. The van der Waals surface area contributed by atoms with Crippen LogP contribution in [0.5, 0.6) is 0 Å². The molecule has 330 valence electrons. The SMILES string of the molecule is CC1(C)c2cc3c(cc2-c2cc4c(cc21)-c1cccc2c(-c5c(-c6ccccc6)cccc5-c5ccccc5)ccc-4c12)-c1ccc(-c2c(-c4ccccc4)cccc2-c2ccccc2)c2cccc-3c12. The fourth-order valence-corrected chi connectivity index (χ4v) is 13.0. The van der Waals surface area contributed by atoms with Crippen molar-refractivity contribution in [2.45, 2.75) is 19.3 Å². The molecule has 0 unspecified atom stereocenters. The van der Waals surface area contributed by atoms with Crippen LogP contribution in [0.3, 0.4) is 0 Å². The maximum atomic E-state index is 2.55. The van der Waals surface area contributed by atoms with Gasteiger partial charge in [0.05, 0.1) is 0 Å². The van der Waals surface area contributed by atoms with E-state index in [1.165, 1.54) is 155 Å². The molecule has 12 aromatic rings. The number of benzene rings is 12. The lowest BCUT2D eigenvalue weighted by Gasteiger charge is -2.23. The molecular weight excluding hydrogens is 853 g/mol. The molecule has 0 radical (unpaired) electrons. The van der Waals surface area contributed by atoms with Crippen LogP contribution in [0.15, 0.2) is 243 Å². The molecule has 0 aliphatic heterocycles. The van der Waals surface area contributed by atoms with E-state index < -0.39 is 0 Å². The Balaban J connectivity index is 0.894. The number of rotatable bonds is 6. The molecule has 71 heavy (non-hydrogen) atoms. The Bertz CT molecular complexity index is 3810. The Morgan fingerprint density at radius 3 is 0.845 bits per heavy atom. The second-order valence-corrected chi connectivity index (χ2v) is 20.2. The van der Waals surface area contributed by atoms with E-state index in [1.54, 1.807) is 0 Å². The van der Waals surface area contributed by atoms with E-state index in [2.05, 4.69) is 257 Å². The summed E-state index contributed by atoms with van der Waals surface area (Å²) in [6.45, 7) is 4.88. The van der Waals surface area contributed by atoms with Crippen LogP contribution >= 0.6 is 0 Å². The van der Waals surface area contributed by atoms with Gasteiger partial charge in [-0.2, -0.15) is 0 Å². The predicted octanol–water partition coefficient (Wildman–Crippen LogP) is 19.6. The van der Waals surface area contributed by atoms with Gasteiger partial charge in [-0.25, -0.2) is 0 Å². The smallest absolute Gasteiger partial charge is 0.0159 e. The molecule has 0 spiro atoms. The topological polar surface area (TPSA) is 0 Å². The largest absolute Gasteiger partial charge is 0.0622 e. The molecule has 12 aromatic carbocycles. The zero-order valence-corrected chi connectivity index (χ0v) is 39.6. The van der Waals surface area contributed by atoms with Gasteiger partial charge >= 0.3 is 0 Å². The van der Waals surface area contributed by atoms with E-state index in [0.29, 0.717) is 0 Å². The highest BCUT2D eigenvalue weighted by Crippen LogP contribution is 2.60. The first-order chi connectivity index (χ1) is 35.0. The minimum atomic E-state index is -0.200. The van der Waals surface area contributed by atoms with E-state index in [9.17, 15) is 0 Å². The van der Waals surface area contributed by atoms with E-state index in [-0.39, 0.29) is 5.41 Å². The lowest BCUT2D eigenvalue weighted by Crippen LogP contribution is -2.15. The fourth-order valence-electron chi connectivity index (χ4n) is 13.0. The van der Waals surface area contributed by atoms with Crippen LogP contribution in [0.25, 0.3) is 144 Å². The summed E-state index contributed by atoms with van der Waals surface area (Å²) in [6.07, 6.45) is 0. The Morgan fingerprint density at radius 1 is 0.211 bits per heavy atom. The average molecular weight is 899 g/mol. The van der Waals surface area contributed by atoms with Crippen LogP contribution in [-0.2, 0) is 5.41 Å². The third-order valence-corrected chi connectivity index (χ3v) is 16.2. The van der Waals surface area contributed by atoms with Crippen LogP contribution in [0.2, 0.25) is 0 Å². The van der Waals surface area contributed by atoms with Crippen LogP contribution in [0.4, 0.5) is 0 Å². The van der Waals surface area contributed by atoms with Gasteiger partial charge in [-0.3, -0.25) is 0 Å². The van der Waals surface area contributed by atoms with Gasteiger partial charge in [0.2, 0.25) is 0 Å². The molecule has 0 heterocycles. The van der Waals surface area contributed by atoms with E-state index in [1.807, 2.05) is 0 Å². The van der Waals surface area contributed by atoms with Crippen molar-refractivity contribution in [3.05, 3.63) is 254 Å². The van der Waals surface area contributed by atoms with Gasteiger partial charge < -0.3 is 0 Å². The van der Waals surface area contributed by atoms with Gasteiger partial charge in [0.25, 0.3) is 0 Å². The van der Waals surface area contributed by atoms with Crippen molar-refractivity contribution in [2.75, 3.05) is 0 Å². The van der Waals surface area contributed by atoms with Gasteiger partial charge in [0.1, 0.15) is 0 Å². The summed E-state index contributed by atoms with van der Waals surface area (Å²) in [5, 5.41) is 5.28. The summed E-state index contributed by atoms with van der Waals surface area (Å²) in [5.41, 5.74) is 30.9. The minimum Gasteiger partial charge on any atom is -0.0622 e. The summed E-state index contributed by atoms with van der Waals surface area (Å²) >= 11 is 0. The second-order valence-electron chi connectivity index (χ2n) is 20.2. The Kier molecular flexibility index (Phi) is 8.51. The quantitative estimate of drug-likeness (QED) is 0.156. The molecule has 0 amide bonds. The Morgan fingerprint density at radius 2 is 0.493 bits per heavy atom.